The van der Waals surface area contributed by atoms with Crippen LogP contribution in [0.25, 0.3) is 16.4 Å². The minimum atomic E-state index is -0.208. The fourth-order valence-corrected chi connectivity index (χ4v) is 3.66. The number of hydrogen-bond donors (Lipinski definition) is 1. The molecule has 4 rings (SSSR count). The summed E-state index contributed by atoms with van der Waals surface area (Å²) in [6.07, 6.45) is 5.59. The molecule has 23 heavy (non-hydrogen) atoms. The van der Waals surface area contributed by atoms with E-state index < -0.39 is 0 Å². The number of rotatable bonds is 4. The zero-order valence-electron chi connectivity index (χ0n) is 12.6. The third kappa shape index (κ3) is 2.43. The molecule has 3 heterocycles. The van der Waals surface area contributed by atoms with Gasteiger partial charge in [0.2, 0.25) is 0 Å². The molecule has 0 aliphatic carbocycles. The van der Waals surface area contributed by atoms with Crippen molar-refractivity contribution in [1.82, 2.24) is 14.4 Å². The predicted octanol–water partition coefficient (Wildman–Crippen LogP) is 4.18. The van der Waals surface area contributed by atoms with Crippen LogP contribution in [0.4, 0.5) is 0 Å². The van der Waals surface area contributed by atoms with Crippen molar-refractivity contribution >= 4 is 34.0 Å². The molecule has 0 aliphatic rings. The number of aromatic amines is 1. The number of carbonyl (C=O) groups is 1. The fraction of sp³-hybridized carbons (Fsp3) is 0.111. The van der Waals surface area contributed by atoms with Crippen molar-refractivity contribution in [1.29, 1.82) is 0 Å². The lowest BCUT2D eigenvalue weighted by Crippen LogP contribution is -2.13. The Kier molecular flexibility index (Phi) is 3.42. The minimum Gasteiger partial charge on any atom is -0.360 e. The first-order chi connectivity index (χ1) is 11.2. The van der Waals surface area contributed by atoms with Crippen LogP contribution in [0.2, 0.25) is 0 Å². The fourth-order valence-electron chi connectivity index (χ4n) is 2.71. The lowest BCUT2D eigenvalue weighted by molar-refractivity contribution is 0.0995. The van der Waals surface area contributed by atoms with Gasteiger partial charge in [-0.3, -0.25) is 9.20 Å². The second kappa shape index (κ2) is 5.59. The van der Waals surface area contributed by atoms with Crippen molar-refractivity contribution in [3.8, 4) is 0 Å². The Bertz CT molecular complexity index is 1000. The Morgan fingerprint density at radius 2 is 2.04 bits per heavy atom. The zero-order chi connectivity index (χ0) is 15.8. The van der Waals surface area contributed by atoms with Crippen molar-refractivity contribution in [2.75, 3.05) is 0 Å². The molecule has 5 heteroatoms. The van der Waals surface area contributed by atoms with Gasteiger partial charge in [0, 0.05) is 28.9 Å². The second-order valence-corrected chi connectivity index (χ2v) is 6.72. The Hall–Kier alpha value is -2.53. The van der Waals surface area contributed by atoms with Gasteiger partial charge in [-0.2, -0.15) is 0 Å². The molecule has 3 aromatic heterocycles. The number of aromatic nitrogens is 3. The normalized spacial score (nSPS) is 12.7. The third-order valence-corrected chi connectivity index (χ3v) is 4.99. The summed E-state index contributed by atoms with van der Waals surface area (Å²) in [5.74, 6) is 0.111. The van der Waals surface area contributed by atoms with E-state index in [2.05, 4.69) is 9.97 Å². The van der Waals surface area contributed by atoms with Gasteiger partial charge in [-0.05, 0) is 25.1 Å². The summed E-state index contributed by atoms with van der Waals surface area (Å²) < 4.78 is 2.00. The summed E-state index contributed by atoms with van der Waals surface area (Å²) >= 11 is 1.48. The van der Waals surface area contributed by atoms with Gasteiger partial charge < -0.3 is 4.98 Å². The Labute approximate surface area is 137 Å². The summed E-state index contributed by atoms with van der Waals surface area (Å²) in [4.78, 5) is 20.4. The zero-order valence-corrected chi connectivity index (χ0v) is 13.4. The van der Waals surface area contributed by atoms with Crippen molar-refractivity contribution in [2.45, 2.75) is 17.3 Å². The summed E-state index contributed by atoms with van der Waals surface area (Å²) in [5, 5.41) is 1.60. The maximum absolute atomic E-state index is 12.8. The second-order valence-electron chi connectivity index (χ2n) is 5.41. The quantitative estimate of drug-likeness (QED) is 0.453. The number of para-hydroxylation sites is 1. The molecule has 1 unspecified atom stereocenters. The first-order valence-electron chi connectivity index (χ1n) is 7.43. The highest BCUT2D eigenvalue weighted by Gasteiger charge is 2.21. The van der Waals surface area contributed by atoms with Gasteiger partial charge in [-0.25, -0.2) is 4.98 Å². The molecule has 0 fully saturated rings. The molecule has 0 bridgehead atoms. The number of thioether (sulfide) groups is 1. The van der Waals surface area contributed by atoms with E-state index in [1.165, 1.54) is 11.8 Å². The highest BCUT2D eigenvalue weighted by molar-refractivity contribution is 8.00. The van der Waals surface area contributed by atoms with Crippen molar-refractivity contribution in [3.05, 3.63) is 66.6 Å². The van der Waals surface area contributed by atoms with Crippen LogP contribution < -0.4 is 0 Å². The molecule has 1 atom stereocenters. The Balaban J connectivity index is 1.64. The average molecular weight is 321 g/mol. The lowest BCUT2D eigenvalue weighted by atomic mass is 10.1. The minimum absolute atomic E-state index is 0.111. The largest absolute Gasteiger partial charge is 0.360 e. The third-order valence-electron chi connectivity index (χ3n) is 3.91. The number of carbonyl (C=O) groups excluding carboxylic acids is 1. The molecule has 0 saturated heterocycles. The Morgan fingerprint density at radius 3 is 2.96 bits per heavy atom. The van der Waals surface area contributed by atoms with E-state index in [9.17, 15) is 4.79 Å². The number of hydrogen-bond acceptors (Lipinski definition) is 3. The molecule has 114 valence electrons. The summed E-state index contributed by atoms with van der Waals surface area (Å²) in [7, 11) is 0. The SMILES string of the molecule is CC(Sc1ncc2ccccn12)C(=O)c1c[nH]c2ccccc12. The molecule has 0 saturated carbocycles. The number of pyridine rings is 1. The number of H-pyrrole nitrogens is 1. The van der Waals surface area contributed by atoms with Gasteiger partial charge in [-0.1, -0.05) is 36.0 Å². The van der Waals surface area contributed by atoms with Crippen molar-refractivity contribution in [2.24, 2.45) is 0 Å². The number of benzene rings is 1. The van der Waals surface area contributed by atoms with Crippen LogP contribution in [-0.2, 0) is 0 Å². The summed E-state index contributed by atoms with van der Waals surface area (Å²) in [6, 6.07) is 13.8. The number of Topliss-reactive ketones (excluding diaryl/α,β-unsaturated/α-hetero) is 1. The lowest BCUT2D eigenvalue weighted by Gasteiger charge is -2.09. The number of fused-ring (bicyclic) bond motifs is 2. The molecule has 1 N–H and O–H groups in total. The van der Waals surface area contributed by atoms with Crippen molar-refractivity contribution < 1.29 is 4.79 Å². The van der Waals surface area contributed by atoms with E-state index >= 15 is 0 Å². The Morgan fingerprint density at radius 1 is 1.22 bits per heavy atom. The monoisotopic (exact) mass is 321 g/mol. The summed E-state index contributed by atoms with van der Waals surface area (Å²) in [6.45, 7) is 1.93. The molecule has 0 aliphatic heterocycles. The average Bonchev–Trinajstić information content (AvgIpc) is 3.19. The molecular weight excluding hydrogens is 306 g/mol. The molecular formula is C18H15N3OS. The van der Waals surface area contributed by atoms with Gasteiger partial charge >= 0.3 is 0 Å². The van der Waals surface area contributed by atoms with Crippen LogP contribution in [0.3, 0.4) is 0 Å². The van der Waals surface area contributed by atoms with Crippen LogP contribution in [0, 0.1) is 0 Å². The van der Waals surface area contributed by atoms with Crippen LogP contribution in [-0.4, -0.2) is 25.4 Å². The standard InChI is InChI=1S/C18H15N3OS/c1-12(23-18-20-10-13-6-4-5-9-21(13)18)17(22)15-11-19-16-8-3-2-7-14(15)16/h2-12,19H,1H3. The van der Waals surface area contributed by atoms with Crippen molar-refractivity contribution in [3.63, 3.8) is 0 Å². The number of nitrogens with one attached hydrogen (secondary N) is 1. The predicted molar refractivity (Wildman–Crippen MR) is 93.1 cm³/mol. The van der Waals surface area contributed by atoms with E-state index in [0.717, 1.165) is 27.1 Å². The van der Waals surface area contributed by atoms with Crippen LogP contribution in [0.15, 0.2) is 66.2 Å². The highest BCUT2D eigenvalue weighted by atomic mass is 32.2. The first kappa shape index (κ1) is 14.1. The number of imidazole rings is 1. The molecule has 4 aromatic rings. The maximum atomic E-state index is 12.8. The summed E-state index contributed by atoms with van der Waals surface area (Å²) in [5.41, 5.74) is 2.75. The first-order valence-corrected chi connectivity index (χ1v) is 8.31. The highest BCUT2D eigenvalue weighted by Crippen LogP contribution is 2.28. The van der Waals surface area contributed by atoms with Gasteiger partial charge in [0.05, 0.1) is 17.0 Å². The van der Waals surface area contributed by atoms with Crippen LogP contribution in [0.5, 0.6) is 0 Å². The van der Waals surface area contributed by atoms with E-state index in [-0.39, 0.29) is 11.0 Å². The molecule has 1 aromatic carbocycles. The molecule has 0 amide bonds. The molecule has 0 radical (unpaired) electrons. The van der Waals surface area contributed by atoms with Crippen LogP contribution >= 0.6 is 11.8 Å². The topological polar surface area (TPSA) is 50.2 Å². The van der Waals surface area contributed by atoms with Gasteiger partial charge in [0.25, 0.3) is 0 Å². The maximum Gasteiger partial charge on any atom is 0.178 e. The number of nitrogens with zero attached hydrogens (tertiary/aromatic N) is 2. The van der Waals surface area contributed by atoms with E-state index in [4.69, 9.17) is 0 Å². The van der Waals surface area contributed by atoms with Crippen LogP contribution in [0.1, 0.15) is 17.3 Å². The van der Waals surface area contributed by atoms with E-state index in [1.54, 1.807) is 6.20 Å². The molecule has 4 nitrogen and oxygen atoms in total. The van der Waals surface area contributed by atoms with E-state index in [0.29, 0.717) is 0 Å². The van der Waals surface area contributed by atoms with E-state index in [1.807, 2.05) is 66.2 Å². The van der Waals surface area contributed by atoms with Gasteiger partial charge in [0.15, 0.2) is 10.9 Å². The number of ketones is 1. The van der Waals surface area contributed by atoms with Gasteiger partial charge in [-0.15, -0.1) is 0 Å². The molecule has 0 spiro atoms. The smallest absolute Gasteiger partial charge is 0.178 e. The van der Waals surface area contributed by atoms with Gasteiger partial charge in [0.1, 0.15) is 0 Å².